The summed E-state index contributed by atoms with van der Waals surface area (Å²) in [4.78, 5) is 27.7. The number of rotatable bonds is 2. The summed E-state index contributed by atoms with van der Waals surface area (Å²) in [5.74, 6) is -0.244. The number of fused-ring (bicyclic) bond motifs is 1. The molecule has 3 rings (SSSR count). The van der Waals surface area contributed by atoms with Gasteiger partial charge in [0.05, 0.1) is 24.9 Å². The lowest BCUT2D eigenvalue weighted by molar-refractivity contribution is -0.145. The molecular weight excluding hydrogens is 304 g/mol. The van der Waals surface area contributed by atoms with Gasteiger partial charge in [0.25, 0.3) is 11.8 Å². The highest BCUT2D eigenvalue weighted by molar-refractivity contribution is 7.00. The molecule has 0 saturated carbocycles. The van der Waals surface area contributed by atoms with Gasteiger partial charge in [-0.3, -0.25) is 9.59 Å². The monoisotopic (exact) mass is 320 g/mol. The van der Waals surface area contributed by atoms with E-state index in [1.54, 1.807) is 37.2 Å². The second kappa shape index (κ2) is 5.98. The van der Waals surface area contributed by atoms with Crippen molar-refractivity contribution in [1.29, 1.82) is 0 Å². The number of hydrogen-bond donors (Lipinski definition) is 0. The number of aromatic nitrogens is 2. The maximum absolute atomic E-state index is 12.6. The molecule has 22 heavy (non-hydrogen) atoms. The fraction of sp³-hybridized carbons (Fsp3) is 0.429. The third-order valence-corrected chi connectivity index (χ3v) is 4.13. The van der Waals surface area contributed by atoms with E-state index in [9.17, 15) is 9.59 Å². The van der Waals surface area contributed by atoms with Crippen LogP contribution in [0.1, 0.15) is 10.4 Å². The van der Waals surface area contributed by atoms with Gasteiger partial charge in [-0.2, -0.15) is 8.75 Å². The molecule has 1 fully saturated rings. The Hall–Kier alpha value is -2.06. The van der Waals surface area contributed by atoms with Crippen LogP contribution in [0.4, 0.5) is 0 Å². The topological polar surface area (TPSA) is 75.6 Å². The first-order valence-electron chi connectivity index (χ1n) is 6.90. The van der Waals surface area contributed by atoms with Gasteiger partial charge in [0, 0.05) is 26.2 Å². The van der Waals surface area contributed by atoms with Gasteiger partial charge in [-0.05, 0) is 18.2 Å². The Kier molecular flexibility index (Phi) is 4.04. The van der Waals surface area contributed by atoms with Crippen LogP contribution in [0.15, 0.2) is 18.2 Å². The van der Waals surface area contributed by atoms with E-state index in [0.717, 1.165) is 17.2 Å². The van der Waals surface area contributed by atoms with Gasteiger partial charge in [0.15, 0.2) is 6.10 Å². The molecule has 0 aliphatic carbocycles. The highest BCUT2D eigenvalue weighted by atomic mass is 32.1. The third-order valence-electron chi connectivity index (χ3n) is 3.57. The van der Waals surface area contributed by atoms with E-state index < -0.39 is 6.10 Å². The first-order valence-corrected chi connectivity index (χ1v) is 7.63. The highest BCUT2D eigenvalue weighted by Gasteiger charge is 2.30. The lowest BCUT2D eigenvalue weighted by atomic mass is 10.1. The number of ether oxygens (including phenoxy) is 1. The highest BCUT2D eigenvalue weighted by Crippen LogP contribution is 2.17. The molecule has 1 aromatic heterocycles. The molecule has 1 aliphatic heterocycles. The zero-order valence-electron chi connectivity index (χ0n) is 12.4. The van der Waals surface area contributed by atoms with Crippen LogP contribution in [-0.2, 0) is 9.53 Å². The van der Waals surface area contributed by atoms with E-state index in [0.29, 0.717) is 24.2 Å². The van der Waals surface area contributed by atoms with E-state index in [-0.39, 0.29) is 18.4 Å². The van der Waals surface area contributed by atoms with E-state index in [2.05, 4.69) is 8.75 Å². The molecule has 116 valence electrons. The number of nitrogens with zero attached hydrogens (tertiary/aromatic N) is 4. The number of carbonyl (C=O) groups is 2. The number of likely N-dealkylation sites (N-methyl/N-ethyl adjacent to an activating group) is 1. The van der Waals surface area contributed by atoms with E-state index in [4.69, 9.17) is 4.74 Å². The molecule has 2 heterocycles. The van der Waals surface area contributed by atoms with Crippen LogP contribution < -0.4 is 0 Å². The van der Waals surface area contributed by atoms with Gasteiger partial charge in [-0.1, -0.05) is 0 Å². The average molecular weight is 320 g/mol. The smallest absolute Gasteiger partial charge is 0.254 e. The molecular formula is C14H16N4O3S. The standard InChI is InChI=1S/C14H16N4O3S/c1-17(2)14(20)12-8-18(5-6-21-12)13(19)9-3-4-10-11(7-9)16-22-15-10/h3-4,7,12H,5-6,8H2,1-2H3/t12-/m1/s1. The second-order valence-electron chi connectivity index (χ2n) is 5.31. The van der Waals surface area contributed by atoms with E-state index in [1.165, 1.54) is 4.90 Å². The molecule has 1 aliphatic rings. The zero-order valence-corrected chi connectivity index (χ0v) is 13.2. The van der Waals surface area contributed by atoms with Crippen molar-refractivity contribution >= 4 is 34.6 Å². The molecule has 1 saturated heterocycles. The average Bonchev–Trinajstić information content (AvgIpc) is 3.01. The van der Waals surface area contributed by atoms with Crippen LogP contribution in [0, 0.1) is 0 Å². The minimum atomic E-state index is -0.600. The maximum atomic E-state index is 12.6. The molecule has 0 N–H and O–H groups in total. The fourth-order valence-electron chi connectivity index (χ4n) is 2.37. The summed E-state index contributed by atoms with van der Waals surface area (Å²) in [6.07, 6.45) is -0.600. The molecule has 8 heteroatoms. The summed E-state index contributed by atoms with van der Waals surface area (Å²) < 4.78 is 13.7. The maximum Gasteiger partial charge on any atom is 0.254 e. The van der Waals surface area contributed by atoms with Crippen molar-refractivity contribution in [2.45, 2.75) is 6.10 Å². The second-order valence-corrected chi connectivity index (χ2v) is 5.84. The zero-order chi connectivity index (χ0) is 15.7. The van der Waals surface area contributed by atoms with Crippen molar-refractivity contribution in [1.82, 2.24) is 18.5 Å². The van der Waals surface area contributed by atoms with E-state index >= 15 is 0 Å². The van der Waals surface area contributed by atoms with Crippen molar-refractivity contribution in [2.24, 2.45) is 0 Å². The van der Waals surface area contributed by atoms with Crippen LogP contribution in [0.25, 0.3) is 11.0 Å². The quantitative estimate of drug-likeness (QED) is 0.811. The van der Waals surface area contributed by atoms with Gasteiger partial charge in [-0.15, -0.1) is 0 Å². The molecule has 0 radical (unpaired) electrons. The molecule has 2 amide bonds. The molecule has 0 unspecified atom stereocenters. The Bertz CT molecular complexity index is 715. The number of amides is 2. The Morgan fingerprint density at radius 3 is 2.86 bits per heavy atom. The van der Waals surface area contributed by atoms with Crippen LogP contribution >= 0.6 is 11.7 Å². The van der Waals surface area contributed by atoms with Crippen LogP contribution in [-0.4, -0.2) is 70.3 Å². The molecule has 1 atom stereocenters. The lowest BCUT2D eigenvalue weighted by Crippen LogP contribution is -2.51. The molecule has 2 aromatic rings. The minimum absolute atomic E-state index is 0.116. The molecule has 0 bridgehead atoms. The van der Waals surface area contributed by atoms with Gasteiger partial charge >= 0.3 is 0 Å². The predicted molar refractivity (Wildman–Crippen MR) is 81.8 cm³/mol. The summed E-state index contributed by atoms with van der Waals surface area (Å²) in [7, 11) is 3.35. The number of benzene rings is 1. The van der Waals surface area contributed by atoms with Crippen molar-refractivity contribution in [3.8, 4) is 0 Å². The Morgan fingerprint density at radius 1 is 1.32 bits per heavy atom. The predicted octanol–water partition coefficient (Wildman–Crippen LogP) is 0.620. The van der Waals surface area contributed by atoms with Gasteiger partial charge in [0.2, 0.25) is 0 Å². The summed E-state index contributed by atoms with van der Waals surface area (Å²) in [6, 6.07) is 5.26. The summed E-state index contributed by atoms with van der Waals surface area (Å²) in [5.41, 5.74) is 2.05. The van der Waals surface area contributed by atoms with Gasteiger partial charge in [-0.25, -0.2) is 0 Å². The van der Waals surface area contributed by atoms with Crippen LogP contribution in [0.5, 0.6) is 0 Å². The van der Waals surface area contributed by atoms with E-state index in [1.807, 2.05) is 0 Å². The normalized spacial score (nSPS) is 18.5. The first kappa shape index (κ1) is 14.9. The largest absolute Gasteiger partial charge is 0.365 e. The van der Waals surface area contributed by atoms with Gasteiger partial charge < -0.3 is 14.5 Å². The molecule has 7 nitrogen and oxygen atoms in total. The number of morpholine rings is 1. The minimum Gasteiger partial charge on any atom is -0.365 e. The van der Waals surface area contributed by atoms with Crippen molar-refractivity contribution in [2.75, 3.05) is 33.8 Å². The Labute approximate surface area is 131 Å². The molecule has 0 spiro atoms. The number of carbonyl (C=O) groups excluding carboxylic acids is 2. The SMILES string of the molecule is CN(C)C(=O)[C@H]1CN(C(=O)c2ccc3nsnc3c2)CCO1. The van der Waals surface area contributed by atoms with Crippen molar-refractivity contribution < 1.29 is 14.3 Å². The Morgan fingerprint density at radius 2 is 2.09 bits per heavy atom. The van der Waals surface area contributed by atoms with Gasteiger partial charge in [0.1, 0.15) is 11.0 Å². The van der Waals surface area contributed by atoms with Crippen LogP contribution in [0.2, 0.25) is 0 Å². The Balaban J connectivity index is 1.77. The summed E-state index contributed by atoms with van der Waals surface area (Å²) in [6.45, 7) is 1.10. The third kappa shape index (κ3) is 2.79. The summed E-state index contributed by atoms with van der Waals surface area (Å²) in [5, 5.41) is 0. The summed E-state index contributed by atoms with van der Waals surface area (Å²) >= 11 is 1.12. The lowest BCUT2D eigenvalue weighted by Gasteiger charge is -2.33. The number of hydrogen-bond acceptors (Lipinski definition) is 6. The fourth-order valence-corrected chi connectivity index (χ4v) is 2.89. The molecule has 1 aromatic carbocycles. The van der Waals surface area contributed by atoms with Crippen LogP contribution in [0.3, 0.4) is 0 Å². The van der Waals surface area contributed by atoms with Crippen molar-refractivity contribution in [3.63, 3.8) is 0 Å². The van der Waals surface area contributed by atoms with Crippen molar-refractivity contribution in [3.05, 3.63) is 23.8 Å². The first-order chi connectivity index (χ1) is 10.6.